The van der Waals surface area contributed by atoms with Crippen LogP contribution in [0.25, 0.3) is 0 Å². The average Bonchev–Trinajstić information content (AvgIpc) is 2.50. The zero-order valence-corrected chi connectivity index (χ0v) is 11.7. The first-order valence-electron chi connectivity index (χ1n) is 6.74. The second-order valence-electron chi connectivity index (χ2n) is 4.96. The molecule has 2 N–H and O–H groups in total. The lowest BCUT2D eigenvalue weighted by Gasteiger charge is -2.08. The second kappa shape index (κ2) is 6.70. The van der Waals surface area contributed by atoms with Crippen molar-refractivity contribution in [1.82, 2.24) is 0 Å². The lowest BCUT2D eigenvalue weighted by molar-refractivity contribution is -0.141. The van der Waals surface area contributed by atoms with Crippen LogP contribution in [-0.4, -0.2) is 17.0 Å². The molecule has 0 spiro atoms. The van der Waals surface area contributed by atoms with E-state index in [-0.39, 0.29) is 5.91 Å². The first kappa shape index (κ1) is 14.8. The lowest BCUT2D eigenvalue weighted by atomic mass is 10.0. The van der Waals surface area contributed by atoms with Gasteiger partial charge in [0.1, 0.15) is 0 Å². The minimum atomic E-state index is -0.809. The van der Waals surface area contributed by atoms with E-state index in [1.165, 1.54) is 0 Å². The van der Waals surface area contributed by atoms with Crippen molar-refractivity contribution in [2.75, 3.05) is 5.32 Å². The summed E-state index contributed by atoms with van der Waals surface area (Å²) in [6, 6.07) is 16.2. The van der Waals surface area contributed by atoms with Gasteiger partial charge in [0.25, 0.3) is 5.91 Å². The van der Waals surface area contributed by atoms with Gasteiger partial charge in [-0.3, -0.25) is 9.59 Å². The second-order valence-corrected chi connectivity index (χ2v) is 4.96. The molecule has 2 aromatic rings. The fourth-order valence-electron chi connectivity index (χ4n) is 1.96. The highest BCUT2D eigenvalue weighted by Gasteiger charge is 2.11. The van der Waals surface area contributed by atoms with Crippen LogP contribution in [0, 0.1) is 5.92 Å². The Bertz CT molecular complexity index is 620. The Balaban J connectivity index is 2.00. The molecule has 1 amide bonds. The van der Waals surface area contributed by atoms with Crippen molar-refractivity contribution in [3.63, 3.8) is 0 Å². The molecule has 4 nitrogen and oxygen atoms in total. The van der Waals surface area contributed by atoms with Gasteiger partial charge in [-0.05, 0) is 36.2 Å². The number of carboxylic acid groups (broad SMARTS) is 1. The molecule has 1 atom stereocenters. The minimum absolute atomic E-state index is 0.165. The van der Waals surface area contributed by atoms with E-state index in [4.69, 9.17) is 5.11 Å². The molecule has 4 heteroatoms. The molecule has 0 aliphatic rings. The zero-order valence-electron chi connectivity index (χ0n) is 11.7. The molecule has 0 heterocycles. The minimum Gasteiger partial charge on any atom is -0.481 e. The van der Waals surface area contributed by atoms with Crippen LogP contribution < -0.4 is 5.32 Å². The molecular formula is C17H17NO3. The van der Waals surface area contributed by atoms with Crippen LogP contribution in [0.4, 0.5) is 5.69 Å². The van der Waals surface area contributed by atoms with Gasteiger partial charge >= 0.3 is 5.97 Å². The molecule has 0 saturated heterocycles. The van der Waals surface area contributed by atoms with E-state index in [1.807, 2.05) is 30.3 Å². The summed E-state index contributed by atoms with van der Waals surface area (Å²) in [6.07, 6.45) is 0.474. The molecule has 0 bridgehead atoms. The van der Waals surface area contributed by atoms with Gasteiger partial charge in [0.2, 0.25) is 0 Å². The van der Waals surface area contributed by atoms with Gasteiger partial charge in [-0.25, -0.2) is 0 Å². The number of hydrogen-bond donors (Lipinski definition) is 2. The molecule has 2 rings (SSSR count). The highest BCUT2D eigenvalue weighted by molar-refractivity contribution is 6.04. The Hall–Kier alpha value is -2.62. The van der Waals surface area contributed by atoms with Crippen LogP contribution in [0.15, 0.2) is 54.6 Å². The van der Waals surface area contributed by atoms with E-state index in [2.05, 4.69) is 5.32 Å². The van der Waals surface area contributed by atoms with Crippen molar-refractivity contribution in [3.05, 3.63) is 65.7 Å². The number of nitrogens with one attached hydrogen (secondary N) is 1. The van der Waals surface area contributed by atoms with Crippen LogP contribution in [0.2, 0.25) is 0 Å². The number of aliphatic carboxylic acids is 1. The van der Waals surface area contributed by atoms with Crippen LogP contribution in [0.5, 0.6) is 0 Å². The SMILES string of the molecule is C[C@H](Cc1ccc(NC(=O)c2ccccc2)cc1)C(=O)O. The van der Waals surface area contributed by atoms with Gasteiger partial charge < -0.3 is 10.4 Å². The molecule has 0 saturated carbocycles. The molecule has 21 heavy (non-hydrogen) atoms. The number of amides is 1. The van der Waals surface area contributed by atoms with Crippen LogP contribution in [0.1, 0.15) is 22.8 Å². The van der Waals surface area contributed by atoms with E-state index in [1.54, 1.807) is 31.2 Å². The Labute approximate surface area is 123 Å². The van der Waals surface area contributed by atoms with E-state index < -0.39 is 11.9 Å². The maximum absolute atomic E-state index is 12.0. The number of hydrogen-bond acceptors (Lipinski definition) is 2. The molecule has 0 aromatic heterocycles. The Morgan fingerprint density at radius 1 is 1.05 bits per heavy atom. The van der Waals surface area contributed by atoms with E-state index >= 15 is 0 Å². The Morgan fingerprint density at radius 3 is 2.24 bits per heavy atom. The third kappa shape index (κ3) is 4.18. The molecule has 0 aliphatic carbocycles. The highest BCUT2D eigenvalue weighted by Crippen LogP contribution is 2.14. The Morgan fingerprint density at radius 2 is 1.67 bits per heavy atom. The summed E-state index contributed by atoms with van der Waals surface area (Å²) in [5.41, 5.74) is 2.22. The van der Waals surface area contributed by atoms with Gasteiger partial charge in [-0.15, -0.1) is 0 Å². The third-order valence-electron chi connectivity index (χ3n) is 3.21. The highest BCUT2D eigenvalue weighted by atomic mass is 16.4. The van der Waals surface area contributed by atoms with E-state index in [0.29, 0.717) is 17.7 Å². The quantitative estimate of drug-likeness (QED) is 0.885. The van der Waals surface area contributed by atoms with Crippen molar-refractivity contribution in [2.45, 2.75) is 13.3 Å². The van der Waals surface area contributed by atoms with Gasteiger partial charge in [0, 0.05) is 11.3 Å². The third-order valence-corrected chi connectivity index (χ3v) is 3.21. The predicted molar refractivity (Wildman–Crippen MR) is 81.3 cm³/mol. The smallest absolute Gasteiger partial charge is 0.306 e. The topological polar surface area (TPSA) is 66.4 Å². The molecule has 108 valence electrons. The van der Waals surface area contributed by atoms with Crippen molar-refractivity contribution >= 4 is 17.6 Å². The predicted octanol–water partition coefficient (Wildman–Crippen LogP) is 3.20. The van der Waals surface area contributed by atoms with E-state index in [0.717, 1.165) is 5.56 Å². The van der Waals surface area contributed by atoms with Crippen molar-refractivity contribution < 1.29 is 14.7 Å². The summed E-state index contributed by atoms with van der Waals surface area (Å²) in [5, 5.41) is 11.7. The summed E-state index contributed by atoms with van der Waals surface area (Å²) in [7, 11) is 0. The van der Waals surface area contributed by atoms with Gasteiger partial charge in [-0.1, -0.05) is 37.3 Å². The van der Waals surface area contributed by atoms with Crippen molar-refractivity contribution in [1.29, 1.82) is 0 Å². The van der Waals surface area contributed by atoms with Gasteiger partial charge in [-0.2, -0.15) is 0 Å². The van der Waals surface area contributed by atoms with Crippen LogP contribution >= 0.6 is 0 Å². The monoisotopic (exact) mass is 283 g/mol. The van der Waals surface area contributed by atoms with Crippen molar-refractivity contribution in [2.24, 2.45) is 5.92 Å². The van der Waals surface area contributed by atoms with E-state index in [9.17, 15) is 9.59 Å². The summed E-state index contributed by atoms with van der Waals surface area (Å²) in [5.74, 6) is -1.39. The van der Waals surface area contributed by atoms with Crippen molar-refractivity contribution in [3.8, 4) is 0 Å². The van der Waals surface area contributed by atoms with Gasteiger partial charge in [0.15, 0.2) is 0 Å². The summed E-state index contributed by atoms with van der Waals surface area (Å²) >= 11 is 0. The number of rotatable bonds is 5. The normalized spacial score (nSPS) is 11.7. The molecule has 0 aliphatic heterocycles. The number of carboxylic acids is 1. The van der Waals surface area contributed by atoms with Crippen LogP contribution in [-0.2, 0) is 11.2 Å². The maximum atomic E-state index is 12.0. The van der Waals surface area contributed by atoms with Gasteiger partial charge in [0.05, 0.1) is 5.92 Å². The summed E-state index contributed by atoms with van der Waals surface area (Å²) in [6.45, 7) is 1.67. The first-order valence-corrected chi connectivity index (χ1v) is 6.74. The standard InChI is InChI=1S/C17H17NO3/c1-12(17(20)21)11-13-7-9-15(10-8-13)18-16(19)14-5-3-2-4-6-14/h2-10,12H,11H2,1H3,(H,18,19)(H,20,21)/t12-/m1/s1. The molecule has 0 fully saturated rings. The Kier molecular flexibility index (Phi) is 4.72. The summed E-state index contributed by atoms with van der Waals surface area (Å²) in [4.78, 5) is 22.8. The number of carbonyl (C=O) groups is 2. The number of anilines is 1. The first-order chi connectivity index (χ1) is 10.1. The van der Waals surface area contributed by atoms with Crippen LogP contribution in [0.3, 0.4) is 0 Å². The summed E-state index contributed by atoms with van der Waals surface area (Å²) < 4.78 is 0. The zero-order chi connectivity index (χ0) is 15.2. The molecule has 2 aromatic carbocycles. The fraction of sp³-hybridized carbons (Fsp3) is 0.176. The average molecular weight is 283 g/mol. The lowest BCUT2D eigenvalue weighted by Crippen LogP contribution is -2.13. The number of benzene rings is 2. The molecule has 0 radical (unpaired) electrons. The largest absolute Gasteiger partial charge is 0.481 e. The fourth-order valence-corrected chi connectivity index (χ4v) is 1.96. The molecule has 0 unspecified atom stereocenters. The number of carbonyl (C=O) groups excluding carboxylic acids is 1. The maximum Gasteiger partial charge on any atom is 0.306 e. The molecular weight excluding hydrogens is 266 g/mol.